The van der Waals surface area contributed by atoms with Crippen LogP contribution < -0.4 is 11.0 Å². The second-order valence-corrected chi connectivity index (χ2v) is 7.37. The fourth-order valence-electron chi connectivity index (χ4n) is 3.56. The highest BCUT2D eigenvalue weighted by molar-refractivity contribution is 5.92. The zero-order valence-electron chi connectivity index (χ0n) is 18.2. The van der Waals surface area contributed by atoms with Crippen molar-refractivity contribution in [2.75, 3.05) is 13.7 Å². The Bertz CT molecular complexity index is 1560. The lowest BCUT2D eigenvalue weighted by Crippen LogP contribution is -2.30. The second kappa shape index (κ2) is 9.42. The Morgan fingerprint density at radius 2 is 2.00 bits per heavy atom. The van der Waals surface area contributed by atoms with Crippen LogP contribution in [0.5, 0.6) is 0 Å². The van der Waals surface area contributed by atoms with Crippen molar-refractivity contribution in [3.05, 3.63) is 93.3 Å². The van der Waals surface area contributed by atoms with E-state index in [0.29, 0.717) is 11.3 Å². The smallest absolute Gasteiger partial charge is 0.271 e. The van der Waals surface area contributed by atoms with E-state index in [0.717, 1.165) is 11.1 Å². The first-order valence-electron chi connectivity index (χ1n) is 10.3. The Labute approximate surface area is 189 Å². The van der Waals surface area contributed by atoms with E-state index in [-0.39, 0.29) is 35.1 Å². The van der Waals surface area contributed by atoms with Gasteiger partial charge in [0.25, 0.3) is 11.5 Å². The fourth-order valence-corrected chi connectivity index (χ4v) is 3.56. The molecule has 0 bridgehead atoms. The van der Waals surface area contributed by atoms with Crippen molar-refractivity contribution >= 4 is 28.7 Å². The Morgan fingerprint density at radius 3 is 2.73 bits per heavy atom. The zero-order valence-corrected chi connectivity index (χ0v) is 18.2. The number of methoxy groups -OCH3 is 1. The summed E-state index contributed by atoms with van der Waals surface area (Å²) in [5, 5.41) is 10.0. The van der Waals surface area contributed by atoms with Gasteiger partial charge in [-0.2, -0.15) is 10.3 Å². The average Bonchev–Trinajstić information content (AvgIpc) is 2.83. The molecule has 0 N–H and O–H groups in total. The van der Waals surface area contributed by atoms with E-state index >= 15 is 0 Å². The van der Waals surface area contributed by atoms with Gasteiger partial charge < -0.3 is 9.30 Å². The number of nitrogens with zero attached hydrogens (tertiary/aromatic N) is 5. The summed E-state index contributed by atoms with van der Waals surface area (Å²) in [5.41, 5.74) is 2.43. The number of hydrogen-bond acceptors (Lipinski definition) is 5. The molecule has 0 saturated carbocycles. The van der Waals surface area contributed by atoms with Crippen LogP contribution in [0.2, 0.25) is 0 Å². The van der Waals surface area contributed by atoms with E-state index in [2.05, 4.69) is 11.1 Å². The van der Waals surface area contributed by atoms with Gasteiger partial charge in [0.15, 0.2) is 5.49 Å². The van der Waals surface area contributed by atoms with Gasteiger partial charge in [-0.05, 0) is 36.3 Å². The van der Waals surface area contributed by atoms with E-state index in [1.54, 1.807) is 30.0 Å². The highest BCUT2D eigenvalue weighted by Gasteiger charge is 2.15. The quantitative estimate of drug-likeness (QED) is 0.351. The van der Waals surface area contributed by atoms with Crippen molar-refractivity contribution in [1.82, 2.24) is 14.0 Å². The van der Waals surface area contributed by atoms with Gasteiger partial charge in [0.1, 0.15) is 17.4 Å². The molecule has 1 aromatic carbocycles. The monoisotopic (exact) mass is 439 g/mol. The van der Waals surface area contributed by atoms with Crippen molar-refractivity contribution in [2.24, 2.45) is 4.99 Å². The molecule has 0 aliphatic rings. The molecule has 0 spiro atoms. The molecule has 4 aromatic rings. The molecule has 0 atom stereocenters. The third-order valence-corrected chi connectivity index (χ3v) is 5.18. The van der Waals surface area contributed by atoms with Crippen molar-refractivity contribution < 1.29 is 9.53 Å². The van der Waals surface area contributed by atoms with E-state index in [1.165, 1.54) is 16.5 Å². The van der Waals surface area contributed by atoms with Crippen molar-refractivity contribution in [2.45, 2.75) is 13.5 Å². The summed E-state index contributed by atoms with van der Waals surface area (Å²) in [6.07, 6.45) is 4.63. The predicted molar refractivity (Wildman–Crippen MR) is 124 cm³/mol. The van der Waals surface area contributed by atoms with Crippen LogP contribution in [0.4, 0.5) is 0 Å². The Kier molecular flexibility index (Phi) is 6.24. The molecule has 3 heterocycles. The first-order chi connectivity index (χ1) is 16.0. The molecule has 0 unspecified atom stereocenters. The summed E-state index contributed by atoms with van der Waals surface area (Å²) < 4.78 is 8.26. The van der Waals surface area contributed by atoms with Gasteiger partial charge in [0.05, 0.1) is 17.6 Å². The molecular weight excluding hydrogens is 418 g/mol. The molecule has 33 heavy (non-hydrogen) atoms. The summed E-state index contributed by atoms with van der Waals surface area (Å²) in [5.74, 6) is -0.533. The molecule has 4 rings (SSSR count). The molecule has 0 saturated heterocycles. The molecule has 0 fully saturated rings. The van der Waals surface area contributed by atoms with E-state index < -0.39 is 5.91 Å². The summed E-state index contributed by atoms with van der Waals surface area (Å²) in [4.78, 5) is 34.7. The van der Waals surface area contributed by atoms with Crippen molar-refractivity contribution in [3.8, 4) is 6.07 Å². The van der Waals surface area contributed by atoms with Gasteiger partial charge in [0.2, 0.25) is 0 Å². The molecular formula is C25H21N5O3. The number of aryl methyl sites for hydroxylation is 1. The van der Waals surface area contributed by atoms with Gasteiger partial charge in [0, 0.05) is 25.9 Å². The maximum absolute atomic E-state index is 13.2. The molecule has 0 aliphatic heterocycles. The van der Waals surface area contributed by atoms with Crippen LogP contribution in [-0.2, 0) is 16.1 Å². The van der Waals surface area contributed by atoms with E-state index in [4.69, 9.17) is 9.72 Å². The number of carbonyl (C=O) groups excluding carboxylic acids is 1. The molecule has 8 heteroatoms. The van der Waals surface area contributed by atoms with Gasteiger partial charge in [-0.25, -0.2) is 4.98 Å². The summed E-state index contributed by atoms with van der Waals surface area (Å²) >= 11 is 0. The number of fused-ring (bicyclic) bond motifs is 2. The third-order valence-electron chi connectivity index (χ3n) is 5.18. The van der Waals surface area contributed by atoms with Gasteiger partial charge in [-0.15, -0.1) is 0 Å². The number of benzene rings is 1. The molecule has 1 amide bonds. The minimum absolute atomic E-state index is 0.103. The minimum Gasteiger partial charge on any atom is -0.383 e. The average molecular weight is 439 g/mol. The predicted octanol–water partition coefficient (Wildman–Crippen LogP) is 2.62. The molecule has 164 valence electrons. The second-order valence-electron chi connectivity index (χ2n) is 7.37. The Balaban J connectivity index is 1.99. The summed E-state index contributed by atoms with van der Waals surface area (Å²) in [6.45, 7) is 2.39. The topological polar surface area (TPSA) is 102 Å². The van der Waals surface area contributed by atoms with E-state index in [9.17, 15) is 14.9 Å². The molecule has 0 aliphatic carbocycles. The summed E-state index contributed by atoms with van der Waals surface area (Å²) in [7, 11) is 1.54. The first-order valence-corrected chi connectivity index (χ1v) is 10.3. The van der Waals surface area contributed by atoms with Crippen molar-refractivity contribution in [3.63, 3.8) is 0 Å². The van der Waals surface area contributed by atoms with Crippen LogP contribution in [-0.4, -0.2) is 33.6 Å². The molecule has 3 aromatic heterocycles. The Morgan fingerprint density at radius 1 is 1.21 bits per heavy atom. The zero-order chi connectivity index (χ0) is 23.4. The van der Waals surface area contributed by atoms with Crippen LogP contribution in [0.3, 0.4) is 0 Å². The molecule has 8 nitrogen and oxygen atoms in total. The lowest BCUT2D eigenvalue weighted by atomic mass is 10.2. The van der Waals surface area contributed by atoms with Crippen LogP contribution >= 0.6 is 0 Å². The largest absolute Gasteiger partial charge is 0.383 e. The lowest BCUT2D eigenvalue weighted by molar-refractivity contribution is -0.113. The normalized spacial score (nSPS) is 12.0. The number of rotatable bonds is 5. The fraction of sp³-hybridized carbons (Fsp3) is 0.160. The Hall–Kier alpha value is -4.35. The van der Waals surface area contributed by atoms with Crippen molar-refractivity contribution in [1.29, 1.82) is 5.26 Å². The van der Waals surface area contributed by atoms with Crippen LogP contribution in [0.25, 0.3) is 22.8 Å². The number of aromatic nitrogens is 3. The van der Waals surface area contributed by atoms with Gasteiger partial charge >= 0.3 is 0 Å². The SMILES string of the molecule is COCCn1c(=NC(=O)/C=C/c2ccccc2)c(C#N)cc2c(=O)n3cccc(C)c3nc21. The number of ether oxygens (including phenoxy) is 1. The first kappa shape index (κ1) is 21.9. The van der Waals surface area contributed by atoms with Gasteiger partial charge in [-0.1, -0.05) is 36.4 Å². The van der Waals surface area contributed by atoms with Gasteiger partial charge in [-0.3, -0.25) is 14.0 Å². The third kappa shape index (κ3) is 4.35. The standard InChI is InChI=1S/C25H21N5O3/c1-17-7-6-12-30-22(17)28-24-20(25(30)32)15-19(16-26)23(29(24)13-14-33-2)27-21(31)11-10-18-8-4-3-5-9-18/h3-12,15H,13-14H2,1-2H3/b11-10+,27-23?. The summed E-state index contributed by atoms with van der Waals surface area (Å²) in [6, 6.07) is 16.5. The van der Waals surface area contributed by atoms with Crippen LogP contribution in [0.1, 0.15) is 16.7 Å². The number of amides is 1. The van der Waals surface area contributed by atoms with E-state index in [1.807, 2.05) is 43.3 Å². The highest BCUT2D eigenvalue weighted by Crippen LogP contribution is 2.12. The number of pyridine rings is 2. The van der Waals surface area contributed by atoms with Crippen LogP contribution in [0, 0.1) is 18.3 Å². The number of hydrogen-bond donors (Lipinski definition) is 0. The lowest BCUT2D eigenvalue weighted by Gasteiger charge is -2.13. The molecule has 0 radical (unpaired) electrons. The van der Waals surface area contributed by atoms with Crippen LogP contribution in [0.15, 0.2) is 70.6 Å². The number of carbonyl (C=O) groups is 1. The maximum Gasteiger partial charge on any atom is 0.271 e. The highest BCUT2D eigenvalue weighted by atomic mass is 16.5. The number of nitriles is 1. The maximum atomic E-state index is 13.2. The minimum atomic E-state index is -0.533.